The molecule has 0 heterocycles. The SMILES string of the molecule is Cc1ccc(C(O)CNc2ccc(C#N)cc2)cc1C. The average Bonchev–Trinajstić information content (AvgIpc) is 2.48. The van der Waals surface area contributed by atoms with Crippen LogP contribution in [0.1, 0.15) is 28.4 Å². The Bertz CT molecular complexity index is 626. The summed E-state index contributed by atoms with van der Waals surface area (Å²) in [5.74, 6) is 0. The van der Waals surface area contributed by atoms with Crippen molar-refractivity contribution in [2.24, 2.45) is 0 Å². The molecule has 2 rings (SSSR count). The monoisotopic (exact) mass is 266 g/mol. The molecular weight excluding hydrogens is 248 g/mol. The van der Waals surface area contributed by atoms with Crippen molar-refractivity contribution in [2.45, 2.75) is 20.0 Å². The van der Waals surface area contributed by atoms with Gasteiger partial charge in [0.25, 0.3) is 0 Å². The maximum atomic E-state index is 10.2. The van der Waals surface area contributed by atoms with Gasteiger partial charge in [0.15, 0.2) is 0 Å². The molecule has 3 heteroatoms. The minimum atomic E-state index is -0.551. The average molecular weight is 266 g/mol. The lowest BCUT2D eigenvalue weighted by Crippen LogP contribution is -2.12. The van der Waals surface area contributed by atoms with Crippen LogP contribution in [0.3, 0.4) is 0 Å². The lowest BCUT2D eigenvalue weighted by atomic mass is 10.0. The molecule has 20 heavy (non-hydrogen) atoms. The molecule has 1 unspecified atom stereocenters. The Hall–Kier alpha value is -2.31. The fourth-order valence-electron chi connectivity index (χ4n) is 1.97. The van der Waals surface area contributed by atoms with E-state index in [4.69, 9.17) is 5.26 Å². The highest BCUT2D eigenvalue weighted by Crippen LogP contribution is 2.18. The Balaban J connectivity index is 1.99. The van der Waals surface area contributed by atoms with E-state index in [2.05, 4.69) is 18.3 Å². The Morgan fingerprint density at radius 3 is 2.40 bits per heavy atom. The van der Waals surface area contributed by atoms with Gasteiger partial charge in [0.2, 0.25) is 0 Å². The lowest BCUT2D eigenvalue weighted by molar-refractivity contribution is 0.191. The number of aliphatic hydroxyl groups excluding tert-OH is 1. The van der Waals surface area contributed by atoms with Crippen LogP contribution >= 0.6 is 0 Å². The number of nitrogens with one attached hydrogen (secondary N) is 1. The van der Waals surface area contributed by atoms with E-state index in [9.17, 15) is 5.11 Å². The summed E-state index contributed by atoms with van der Waals surface area (Å²) in [5, 5.41) is 22.1. The number of aliphatic hydroxyl groups is 1. The van der Waals surface area contributed by atoms with Crippen LogP contribution in [-0.2, 0) is 0 Å². The van der Waals surface area contributed by atoms with Crippen LogP contribution in [0, 0.1) is 25.2 Å². The molecule has 0 radical (unpaired) electrons. The topological polar surface area (TPSA) is 56.0 Å². The molecule has 0 aliphatic rings. The summed E-state index contributed by atoms with van der Waals surface area (Å²) in [5.41, 5.74) is 4.84. The Labute approximate surface area is 119 Å². The van der Waals surface area contributed by atoms with Crippen molar-refractivity contribution < 1.29 is 5.11 Å². The van der Waals surface area contributed by atoms with E-state index in [0.717, 1.165) is 11.3 Å². The van der Waals surface area contributed by atoms with Gasteiger partial charge < -0.3 is 10.4 Å². The number of rotatable bonds is 4. The molecule has 2 aromatic carbocycles. The first-order valence-corrected chi connectivity index (χ1v) is 6.59. The van der Waals surface area contributed by atoms with Gasteiger partial charge in [-0.1, -0.05) is 18.2 Å². The normalized spacial score (nSPS) is 11.7. The van der Waals surface area contributed by atoms with Gasteiger partial charge in [-0.2, -0.15) is 5.26 Å². The largest absolute Gasteiger partial charge is 0.387 e. The van der Waals surface area contributed by atoms with Crippen molar-refractivity contribution in [3.8, 4) is 6.07 Å². The van der Waals surface area contributed by atoms with E-state index in [1.165, 1.54) is 11.1 Å². The predicted octanol–water partition coefficient (Wildman–Crippen LogP) is 3.32. The summed E-state index contributed by atoms with van der Waals surface area (Å²) in [4.78, 5) is 0. The number of benzene rings is 2. The van der Waals surface area contributed by atoms with E-state index >= 15 is 0 Å². The highest BCUT2D eigenvalue weighted by molar-refractivity contribution is 5.47. The first-order chi connectivity index (χ1) is 9.60. The molecule has 0 aliphatic carbocycles. The smallest absolute Gasteiger partial charge is 0.0991 e. The number of nitriles is 1. The molecule has 0 spiro atoms. The Morgan fingerprint density at radius 1 is 1.10 bits per heavy atom. The molecule has 0 fully saturated rings. The van der Waals surface area contributed by atoms with Crippen LogP contribution in [0.25, 0.3) is 0 Å². The zero-order valence-electron chi connectivity index (χ0n) is 11.7. The second-order valence-electron chi connectivity index (χ2n) is 4.93. The molecule has 0 saturated carbocycles. The molecule has 0 amide bonds. The zero-order valence-corrected chi connectivity index (χ0v) is 11.7. The summed E-state index contributed by atoms with van der Waals surface area (Å²) in [6.45, 7) is 4.54. The van der Waals surface area contributed by atoms with Gasteiger partial charge in [0, 0.05) is 12.2 Å². The Morgan fingerprint density at radius 2 is 1.80 bits per heavy atom. The second-order valence-corrected chi connectivity index (χ2v) is 4.93. The molecule has 0 bridgehead atoms. The first-order valence-electron chi connectivity index (χ1n) is 6.59. The third-order valence-electron chi connectivity index (χ3n) is 3.43. The fourth-order valence-corrected chi connectivity index (χ4v) is 1.97. The highest BCUT2D eigenvalue weighted by atomic mass is 16.3. The van der Waals surface area contributed by atoms with E-state index < -0.39 is 6.10 Å². The third kappa shape index (κ3) is 3.37. The van der Waals surface area contributed by atoms with E-state index in [0.29, 0.717) is 12.1 Å². The van der Waals surface area contributed by atoms with Gasteiger partial charge in [-0.15, -0.1) is 0 Å². The van der Waals surface area contributed by atoms with Crippen LogP contribution in [0.15, 0.2) is 42.5 Å². The summed E-state index contributed by atoms with van der Waals surface area (Å²) in [7, 11) is 0. The maximum Gasteiger partial charge on any atom is 0.0991 e. The van der Waals surface area contributed by atoms with Crippen molar-refractivity contribution in [3.63, 3.8) is 0 Å². The van der Waals surface area contributed by atoms with Gasteiger partial charge in [-0.05, 0) is 54.8 Å². The molecule has 3 nitrogen and oxygen atoms in total. The highest BCUT2D eigenvalue weighted by Gasteiger charge is 2.08. The van der Waals surface area contributed by atoms with E-state index in [1.54, 1.807) is 12.1 Å². The minimum Gasteiger partial charge on any atom is -0.387 e. The quantitative estimate of drug-likeness (QED) is 0.892. The maximum absolute atomic E-state index is 10.2. The molecule has 1 atom stereocenters. The number of nitrogens with zero attached hydrogens (tertiary/aromatic N) is 1. The molecular formula is C17H18N2O. The molecule has 2 N–H and O–H groups in total. The van der Waals surface area contributed by atoms with Gasteiger partial charge in [0.05, 0.1) is 17.7 Å². The molecule has 0 aromatic heterocycles. The van der Waals surface area contributed by atoms with Crippen LogP contribution in [0.5, 0.6) is 0 Å². The number of anilines is 1. The molecule has 0 saturated heterocycles. The second kappa shape index (κ2) is 6.23. The van der Waals surface area contributed by atoms with E-state index in [1.807, 2.05) is 37.3 Å². The lowest BCUT2D eigenvalue weighted by Gasteiger charge is -2.14. The van der Waals surface area contributed by atoms with Crippen molar-refractivity contribution in [2.75, 3.05) is 11.9 Å². The Kier molecular flexibility index (Phi) is 4.39. The first kappa shape index (κ1) is 14.1. The van der Waals surface area contributed by atoms with Gasteiger partial charge in [0.1, 0.15) is 0 Å². The van der Waals surface area contributed by atoms with Crippen molar-refractivity contribution in [3.05, 3.63) is 64.7 Å². The fraction of sp³-hybridized carbons (Fsp3) is 0.235. The third-order valence-corrected chi connectivity index (χ3v) is 3.43. The standard InChI is InChI=1S/C17H18N2O/c1-12-3-6-15(9-13(12)2)17(20)11-19-16-7-4-14(10-18)5-8-16/h3-9,17,19-20H,11H2,1-2H3. The summed E-state index contributed by atoms with van der Waals surface area (Å²) >= 11 is 0. The minimum absolute atomic E-state index is 0.439. The number of hydrogen-bond donors (Lipinski definition) is 2. The van der Waals surface area contributed by atoms with Gasteiger partial charge >= 0.3 is 0 Å². The summed E-state index contributed by atoms with van der Waals surface area (Å²) in [6.07, 6.45) is -0.551. The van der Waals surface area contributed by atoms with Crippen molar-refractivity contribution in [1.29, 1.82) is 5.26 Å². The summed E-state index contributed by atoms with van der Waals surface area (Å²) < 4.78 is 0. The van der Waals surface area contributed by atoms with Gasteiger partial charge in [-0.25, -0.2) is 0 Å². The van der Waals surface area contributed by atoms with Crippen molar-refractivity contribution in [1.82, 2.24) is 0 Å². The van der Waals surface area contributed by atoms with Crippen LogP contribution in [-0.4, -0.2) is 11.7 Å². The number of hydrogen-bond acceptors (Lipinski definition) is 3. The van der Waals surface area contributed by atoms with Crippen LogP contribution in [0.4, 0.5) is 5.69 Å². The van der Waals surface area contributed by atoms with Crippen LogP contribution in [0.2, 0.25) is 0 Å². The van der Waals surface area contributed by atoms with E-state index in [-0.39, 0.29) is 0 Å². The zero-order chi connectivity index (χ0) is 14.5. The molecule has 2 aromatic rings. The van der Waals surface area contributed by atoms with Gasteiger partial charge in [-0.3, -0.25) is 0 Å². The molecule has 102 valence electrons. The van der Waals surface area contributed by atoms with Crippen molar-refractivity contribution >= 4 is 5.69 Å². The predicted molar refractivity (Wildman–Crippen MR) is 80.5 cm³/mol. The number of aryl methyl sites for hydroxylation is 2. The summed E-state index contributed by atoms with van der Waals surface area (Å²) in [6, 6.07) is 15.3. The molecule has 0 aliphatic heterocycles. The van der Waals surface area contributed by atoms with Crippen LogP contribution < -0.4 is 5.32 Å².